The van der Waals surface area contributed by atoms with E-state index in [-0.39, 0.29) is 5.41 Å². The zero-order valence-electron chi connectivity index (χ0n) is 13.4. The summed E-state index contributed by atoms with van der Waals surface area (Å²) in [6.07, 6.45) is 0. The molecule has 1 N–H and O–H groups in total. The van der Waals surface area contributed by atoms with E-state index in [9.17, 15) is 0 Å². The third-order valence-electron chi connectivity index (χ3n) is 3.45. The Morgan fingerprint density at radius 2 is 1.52 bits per heavy atom. The van der Waals surface area contributed by atoms with Crippen LogP contribution in [0.5, 0.6) is 11.5 Å². The molecule has 0 heterocycles. The fourth-order valence-electron chi connectivity index (χ4n) is 2.30. The zero-order valence-corrected chi connectivity index (χ0v) is 13.4. The molecule has 2 nitrogen and oxygen atoms in total. The zero-order chi connectivity index (χ0) is 15.3. The summed E-state index contributed by atoms with van der Waals surface area (Å²) < 4.78 is 6.22. The fraction of sp³-hybridized carbons (Fsp3) is 0.368. The van der Waals surface area contributed by atoms with E-state index in [0.717, 1.165) is 24.6 Å². The Hall–Kier alpha value is -1.80. The molecule has 0 unspecified atom stereocenters. The van der Waals surface area contributed by atoms with E-state index < -0.39 is 0 Å². The van der Waals surface area contributed by atoms with Crippen LogP contribution in [0.1, 0.15) is 38.8 Å². The van der Waals surface area contributed by atoms with Crippen molar-refractivity contribution >= 4 is 0 Å². The van der Waals surface area contributed by atoms with E-state index in [1.54, 1.807) is 0 Å². The second-order valence-electron chi connectivity index (χ2n) is 6.24. The minimum absolute atomic E-state index is 0.0627. The number of ether oxygens (including phenoxy) is 1. The van der Waals surface area contributed by atoms with Gasteiger partial charge in [-0.15, -0.1) is 0 Å². The number of hydrogen-bond acceptors (Lipinski definition) is 2. The van der Waals surface area contributed by atoms with Crippen LogP contribution < -0.4 is 10.1 Å². The van der Waals surface area contributed by atoms with Crippen LogP contribution in [0, 0.1) is 0 Å². The van der Waals surface area contributed by atoms with Gasteiger partial charge in [0.2, 0.25) is 0 Å². The van der Waals surface area contributed by atoms with E-state index in [1.165, 1.54) is 11.1 Å². The molecule has 2 aromatic carbocycles. The highest BCUT2D eigenvalue weighted by Gasteiger charge is 2.19. The number of benzene rings is 2. The second kappa shape index (κ2) is 6.77. The molecule has 0 aliphatic heterocycles. The third kappa shape index (κ3) is 4.08. The molecular formula is C19H25NO. The van der Waals surface area contributed by atoms with E-state index >= 15 is 0 Å². The molecule has 0 saturated heterocycles. The van der Waals surface area contributed by atoms with Crippen molar-refractivity contribution < 1.29 is 4.74 Å². The Morgan fingerprint density at radius 1 is 0.905 bits per heavy atom. The van der Waals surface area contributed by atoms with Crippen LogP contribution in [0.15, 0.2) is 48.5 Å². The molecule has 0 aliphatic rings. The Balaban J connectivity index is 2.31. The maximum Gasteiger partial charge on any atom is 0.131 e. The SMILES string of the molecule is CCNCc1ccccc1Oc1ccccc1C(C)(C)C. The van der Waals surface area contributed by atoms with Crippen molar-refractivity contribution in [3.63, 3.8) is 0 Å². The molecule has 0 aromatic heterocycles. The van der Waals surface area contributed by atoms with E-state index in [4.69, 9.17) is 4.74 Å². The van der Waals surface area contributed by atoms with Gasteiger partial charge < -0.3 is 10.1 Å². The number of para-hydroxylation sites is 2. The standard InChI is InChI=1S/C19H25NO/c1-5-20-14-15-10-6-8-12-17(15)21-18-13-9-7-11-16(18)19(2,3)4/h6-13,20H,5,14H2,1-4H3. The molecule has 21 heavy (non-hydrogen) atoms. The van der Waals surface area contributed by atoms with Gasteiger partial charge in [-0.2, -0.15) is 0 Å². The van der Waals surface area contributed by atoms with Gasteiger partial charge in [0.15, 0.2) is 0 Å². The first-order chi connectivity index (χ1) is 10.0. The summed E-state index contributed by atoms with van der Waals surface area (Å²) >= 11 is 0. The summed E-state index contributed by atoms with van der Waals surface area (Å²) in [6.45, 7) is 10.5. The van der Waals surface area contributed by atoms with Crippen LogP contribution >= 0.6 is 0 Å². The molecule has 0 saturated carbocycles. The van der Waals surface area contributed by atoms with Crippen molar-refractivity contribution in [1.82, 2.24) is 5.32 Å². The molecule has 0 spiro atoms. The van der Waals surface area contributed by atoms with Gasteiger partial charge in [-0.25, -0.2) is 0 Å². The molecule has 0 aliphatic carbocycles. The lowest BCUT2D eigenvalue weighted by molar-refractivity contribution is 0.448. The lowest BCUT2D eigenvalue weighted by atomic mass is 9.86. The average Bonchev–Trinajstić information content (AvgIpc) is 2.46. The van der Waals surface area contributed by atoms with Gasteiger partial charge in [-0.3, -0.25) is 0 Å². The first kappa shape index (κ1) is 15.6. The van der Waals surface area contributed by atoms with E-state index in [0.29, 0.717) is 0 Å². The van der Waals surface area contributed by atoms with Crippen molar-refractivity contribution in [2.45, 2.75) is 39.7 Å². The highest BCUT2D eigenvalue weighted by Crippen LogP contribution is 2.34. The van der Waals surface area contributed by atoms with Gasteiger partial charge in [-0.1, -0.05) is 64.1 Å². The Bertz CT molecular complexity index is 584. The summed E-state index contributed by atoms with van der Waals surface area (Å²) in [7, 11) is 0. The summed E-state index contributed by atoms with van der Waals surface area (Å²) in [5, 5.41) is 3.36. The Labute approximate surface area is 128 Å². The molecule has 0 amide bonds. The van der Waals surface area contributed by atoms with Crippen molar-refractivity contribution in [2.24, 2.45) is 0 Å². The number of hydrogen-bond donors (Lipinski definition) is 1. The summed E-state index contributed by atoms with van der Waals surface area (Å²) in [6, 6.07) is 16.5. The molecule has 0 fully saturated rings. The fourth-order valence-corrected chi connectivity index (χ4v) is 2.30. The highest BCUT2D eigenvalue weighted by molar-refractivity contribution is 5.43. The first-order valence-corrected chi connectivity index (χ1v) is 7.58. The van der Waals surface area contributed by atoms with Gasteiger partial charge in [-0.05, 0) is 24.1 Å². The van der Waals surface area contributed by atoms with E-state index in [2.05, 4.69) is 57.3 Å². The monoisotopic (exact) mass is 283 g/mol. The smallest absolute Gasteiger partial charge is 0.131 e. The van der Waals surface area contributed by atoms with Gasteiger partial charge in [0, 0.05) is 17.7 Å². The van der Waals surface area contributed by atoms with Gasteiger partial charge in [0.05, 0.1) is 0 Å². The topological polar surface area (TPSA) is 21.3 Å². The maximum absolute atomic E-state index is 6.22. The second-order valence-corrected chi connectivity index (χ2v) is 6.24. The normalized spacial score (nSPS) is 11.4. The minimum Gasteiger partial charge on any atom is -0.457 e. The number of rotatable bonds is 5. The third-order valence-corrected chi connectivity index (χ3v) is 3.45. The van der Waals surface area contributed by atoms with Crippen LogP contribution in [0.3, 0.4) is 0 Å². The molecule has 0 radical (unpaired) electrons. The maximum atomic E-state index is 6.22. The lowest BCUT2D eigenvalue weighted by Crippen LogP contribution is -2.14. The molecule has 112 valence electrons. The molecule has 2 aromatic rings. The van der Waals surface area contributed by atoms with Crippen molar-refractivity contribution in [2.75, 3.05) is 6.54 Å². The van der Waals surface area contributed by atoms with Crippen LogP contribution in [-0.4, -0.2) is 6.54 Å². The van der Waals surface area contributed by atoms with Gasteiger partial charge in [0.25, 0.3) is 0 Å². The Kier molecular flexibility index (Phi) is 5.03. The number of nitrogens with one attached hydrogen (secondary N) is 1. The van der Waals surface area contributed by atoms with Crippen molar-refractivity contribution in [3.05, 3.63) is 59.7 Å². The summed E-state index contributed by atoms with van der Waals surface area (Å²) in [4.78, 5) is 0. The summed E-state index contributed by atoms with van der Waals surface area (Å²) in [5.41, 5.74) is 2.47. The van der Waals surface area contributed by atoms with E-state index in [1.807, 2.05) is 24.3 Å². The average molecular weight is 283 g/mol. The summed E-state index contributed by atoms with van der Waals surface area (Å²) in [5.74, 6) is 1.86. The predicted octanol–water partition coefficient (Wildman–Crippen LogP) is 4.89. The van der Waals surface area contributed by atoms with Gasteiger partial charge in [0.1, 0.15) is 11.5 Å². The van der Waals surface area contributed by atoms with Crippen LogP contribution in [0.25, 0.3) is 0 Å². The Morgan fingerprint density at radius 3 is 2.19 bits per heavy atom. The van der Waals surface area contributed by atoms with Crippen molar-refractivity contribution in [3.8, 4) is 11.5 Å². The molecule has 0 bridgehead atoms. The molecular weight excluding hydrogens is 258 g/mol. The first-order valence-electron chi connectivity index (χ1n) is 7.58. The van der Waals surface area contributed by atoms with Crippen molar-refractivity contribution in [1.29, 1.82) is 0 Å². The lowest BCUT2D eigenvalue weighted by Gasteiger charge is -2.23. The molecule has 2 heteroatoms. The highest BCUT2D eigenvalue weighted by atomic mass is 16.5. The molecule has 0 atom stereocenters. The molecule has 2 rings (SSSR count). The minimum atomic E-state index is 0.0627. The largest absolute Gasteiger partial charge is 0.457 e. The van der Waals surface area contributed by atoms with Crippen LogP contribution in [0.4, 0.5) is 0 Å². The van der Waals surface area contributed by atoms with Gasteiger partial charge >= 0.3 is 0 Å². The van der Waals surface area contributed by atoms with Crippen LogP contribution in [-0.2, 0) is 12.0 Å². The van der Waals surface area contributed by atoms with Crippen LogP contribution in [0.2, 0.25) is 0 Å². The predicted molar refractivity (Wildman–Crippen MR) is 89.0 cm³/mol. The quantitative estimate of drug-likeness (QED) is 0.844.